The van der Waals surface area contributed by atoms with Gasteiger partial charge in [0.2, 0.25) is 5.91 Å². The molecule has 0 spiro atoms. The molecule has 5 heteroatoms. The number of amides is 1. The van der Waals surface area contributed by atoms with Gasteiger partial charge in [-0.05, 0) is 19.8 Å². The molecule has 0 fully saturated rings. The predicted molar refractivity (Wildman–Crippen MR) is 61.7 cm³/mol. The third-order valence-corrected chi connectivity index (χ3v) is 2.56. The molecule has 0 aromatic heterocycles. The van der Waals surface area contributed by atoms with Gasteiger partial charge in [0.25, 0.3) is 0 Å². The highest BCUT2D eigenvalue weighted by atomic mass is 16.5. The summed E-state index contributed by atoms with van der Waals surface area (Å²) in [5, 5.41) is 2.54. The van der Waals surface area contributed by atoms with Crippen molar-refractivity contribution < 1.29 is 14.3 Å². The van der Waals surface area contributed by atoms with Gasteiger partial charge >= 0.3 is 5.97 Å². The Kier molecular flexibility index (Phi) is 6.72. The van der Waals surface area contributed by atoms with Crippen LogP contribution in [0, 0.1) is 5.92 Å². The average Bonchev–Trinajstić information content (AvgIpc) is 2.26. The average molecular weight is 230 g/mol. The molecule has 94 valence electrons. The van der Waals surface area contributed by atoms with E-state index in [0.29, 0.717) is 6.61 Å². The summed E-state index contributed by atoms with van der Waals surface area (Å²) in [7, 11) is 0. The maximum atomic E-state index is 11.6. The highest BCUT2D eigenvalue weighted by Gasteiger charge is 2.23. The van der Waals surface area contributed by atoms with Crippen LogP contribution in [0.2, 0.25) is 0 Å². The van der Waals surface area contributed by atoms with E-state index in [1.807, 2.05) is 13.8 Å². The quantitative estimate of drug-likeness (QED) is 0.648. The number of carbonyl (C=O) groups excluding carboxylic acids is 2. The van der Waals surface area contributed by atoms with E-state index in [1.165, 1.54) is 0 Å². The number of hydrogen-bond donors (Lipinski definition) is 2. The second kappa shape index (κ2) is 7.22. The number of carbonyl (C=O) groups is 2. The van der Waals surface area contributed by atoms with Crippen LogP contribution in [0.25, 0.3) is 0 Å². The van der Waals surface area contributed by atoms with E-state index >= 15 is 0 Å². The van der Waals surface area contributed by atoms with Crippen LogP contribution in [-0.4, -0.2) is 30.6 Å². The lowest BCUT2D eigenvalue weighted by Gasteiger charge is -2.20. The molecular weight excluding hydrogens is 208 g/mol. The van der Waals surface area contributed by atoms with Gasteiger partial charge in [0.1, 0.15) is 6.04 Å². The van der Waals surface area contributed by atoms with Crippen molar-refractivity contribution >= 4 is 11.9 Å². The highest BCUT2D eigenvalue weighted by molar-refractivity contribution is 5.87. The van der Waals surface area contributed by atoms with Crippen LogP contribution >= 0.6 is 0 Å². The van der Waals surface area contributed by atoms with E-state index in [2.05, 4.69) is 5.32 Å². The largest absolute Gasteiger partial charge is 0.464 e. The van der Waals surface area contributed by atoms with Gasteiger partial charge in [-0.2, -0.15) is 0 Å². The first-order valence-corrected chi connectivity index (χ1v) is 5.66. The molecule has 3 atom stereocenters. The molecule has 0 saturated heterocycles. The van der Waals surface area contributed by atoms with Crippen LogP contribution in [0.5, 0.6) is 0 Å². The van der Waals surface area contributed by atoms with Crippen molar-refractivity contribution in [1.29, 1.82) is 0 Å². The lowest BCUT2D eigenvalue weighted by Crippen LogP contribution is -2.50. The summed E-state index contributed by atoms with van der Waals surface area (Å²) in [6.07, 6.45) is 0.822. The fourth-order valence-corrected chi connectivity index (χ4v) is 1.15. The summed E-state index contributed by atoms with van der Waals surface area (Å²) < 4.78 is 4.78. The first-order valence-electron chi connectivity index (χ1n) is 5.66. The van der Waals surface area contributed by atoms with Crippen molar-refractivity contribution in [2.24, 2.45) is 11.7 Å². The monoisotopic (exact) mass is 230 g/mol. The van der Waals surface area contributed by atoms with Crippen molar-refractivity contribution in [3.63, 3.8) is 0 Å². The molecule has 0 saturated carbocycles. The Morgan fingerprint density at radius 3 is 2.31 bits per heavy atom. The molecule has 0 radical (unpaired) electrons. The van der Waals surface area contributed by atoms with Crippen LogP contribution in [0.4, 0.5) is 0 Å². The Morgan fingerprint density at radius 2 is 1.88 bits per heavy atom. The molecule has 16 heavy (non-hydrogen) atoms. The minimum Gasteiger partial charge on any atom is -0.464 e. The topological polar surface area (TPSA) is 81.4 Å². The molecule has 0 heterocycles. The SMILES string of the molecule is CCOC(=O)C(C)NC(=O)[C@@H](N)C(C)CC. The zero-order valence-electron chi connectivity index (χ0n) is 10.4. The molecule has 0 rings (SSSR count). The highest BCUT2D eigenvalue weighted by Crippen LogP contribution is 2.05. The molecule has 1 amide bonds. The lowest BCUT2D eigenvalue weighted by molar-refractivity contribution is -0.147. The van der Waals surface area contributed by atoms with Gasteiger partial charge in [-0.15, -0.1) is 0 Å². The molecular formula is C11H22N2O3. The van der Waals surface area contributed by atoms with E-state index in [1.54, 1.807) is 13.8 Å². The van der Waals surface area contributed by atoms with Gasteiger partial charge in [-0.25, -0.2) is 4.79 Å². The third kappa shape index (κ3) is 4.61. The Morgan fingerprint density at radius 1 is 1.31 bits per heavy atom. The summed E-state index contributed by atoms with van der Waals surface area (Å²) in [5.41, 5.74) is 5.73. The number of ether oxygens (including phenoxy) is 1. The normalized spacial score (nSPS) is 16.1. The zero-order valence-corrected chi connectivity index (χ0v) is 10.4. The Labute approximate surface area is 96.7 Å². The van der Waals surface area contributed by atoms with Gasteiger partial charge in [0.15, 0.2) is 0 Å². The van der Waals surface area contributed by atoms with Gasteiger partial charge in [0.05, 0.1) is 12.6 Å². The second-order valence-corrected chi connectivity index (χ2v) is 3.89. The second-order valence-electron chi connectivity index (χ2n) is 3.89. The zero-order chi connectivity index (χ0) is 12.7. The maximum absolute atomic E-state index is 11.6. The minimum absolute atomic E-state index is 0.0920. The van der Waals surface area contributed by atoms with E-state index in [-0.39, 0.29) is 11.8 Å². The molecule has 3 N–H and O–H groups in total. The van der Waals surface area contributed by atoms with E-state index in [0.717, 1.165) is 6.42 Å². The number of nitrogens with two attached hydrogens (primary N) is 1. The van der Waals surface area contributed by atoms with Crippen LogP contribution < -0.4 is 11.1 Å². The molecule has 5 nitrogen and oxygen atoms in total. The maximum Gasteiger partial charge on any atom is 0.328 e. The Hall–Kier alpha value is -1.10. The van der Waals surface area contributed by atoms with Gasteiger partial charge in [0, 0.05) is 0 Å². The molecule has 0 aliphatic carbocycles. The summed E-state index contributed by atoms with van der Waals surface area (Å²) in [6, 6.07) is -1.23. The minimum atomic E-state index is -0.650. The van der Waals surface area contributed by atoms with Crippen molar-refractivity contribution in [1.82, 2.24) is 5.32 Å². The molecule has 0 aromatic rings. The van der Waals surface area contributed by atoms with Gasteiger partial charge in [-0.3, -0.25) is 4.79 Å². The van der Waals surface area contributed by atoms with Crippen LogP contribution in [0.3, 0.4) is 0 Å². The number of nitrogens with one attached hydrogen (secondary N) is 1. The van der Waals surface area contributed by atoms with Crippen molar-refractivity contribution in [3.05, 3.63) is 0 Å². The van der Waals surface area contributed by atoms with Gasteiger partial charge < -0.3 is 15.8 Å². The number of rotatable bonds is 6. The number of esters is 1. The smallest absolute Gasteiger partial charge is 0.328 e. The summed E-state index contributed by atoms with van der Waals surface area (Å²) in [4.78, 5) is 22.9. The Bertz CT molecular complexity index is 243. The fraction of sp³-hybridized carbons (Fsp3) is 0.818. The van der Waals surface area contributed by atoms with Crippen molar-refractivity contribution in [2.45, 2.75) is 46.2 Å². The summed E-state index contributed by atoms with van der Waals surface area (Å²) >= 11 is 0. The Balaban J connectivity index is 4.18. The molecule has 0 aliphatic heterocycles. The van der Waals surface area contributed by atoms with Gasteiger partial charge in [-0.1, -0.05) is 20.3 Å². The van der Waals surface area contributed by atoms with Crippen LogP contribution in [0.15, 0.2) is 0 Å². The number of hydrogen-bond acceptors (Lipinski definition) is 4. The van der Waals surface area contributed by atoms with Crippen LogP contribution in [0.1, 0.15) is 34.1 Å². The molecule has 0 aromatic carbocycles. The predicted octanol–water partition coefficient (Wildman–Crippen LogP) is 0.428. The lowest BCUT2D eigenvalue weighted by atomic mass is 9.99. The van der Waals surface area contributed by atoms with E-state index < -0.39 is 18.1 Å². The third-order valence-electron chi connectivity index (χ3n) is 2.56. The fourth-order valence-electron chi connectivity index (χ4n) is 1.15. The van der Waals surface area contributed by atoms with Crippen molar-refractivity contribution in [3.8, 4) is 0 Å². The summed E-state index contributed by atoms with van der Waals surface area (Å²) in [5.74, 6) is -0.656. The molecule has 0 bridgehead atoms. The standard InChI is InChI=1S/C11H22N2O3/c1-5-7(3)9(12)10(14)13-8(4)11(15)16-6-2/h7-9H,5-6,12H2,1-4H3,(H,13,14)/t7?,8?,9-/m0/s1. The first kappa shape index (κ1) is 14.9. The summed E-state index contributed by atoms with van der Waals surface area (Å²) in [6.45, 7) is 7.47. The molecule has 0 aliphatic rings. The molecule has 2 unspecified atom stereocenters. The first-order chi connectivity index (χ1) is 7.43. The van der Waals surface area contributed by atoms with E-state index in [9.17, 15) is 9.59 Å². The van der Waals surface area contributed by atoms with E-state index in [4.69, 9.17) is 10.5 Å². The van der Waals surface area contributed by atoms with Crippen molar-refractivity contribution in [2.75, 3.05) is 6.61 Å². The van der Waals surface area contributed by atoms with Crippen LogP contribution in [-0.2, 0) is 14.3 Å².